The molecule has 0 aliphatic carbocycles. The molecular weight excluding hydrogens is 343 g/mol. The molecule has 0 saturated carbocycles. The van der Waals surface area contributed by atoms with E-state index in [0.29, 0.717) is 12.4 Å². The molecule has 0 heterocycles. The number of esters is 1. The smallest absolute Gasteiger partial charge is 0.338 e. The highest BCUT2D eigenvalue weighted by Crippen LogP contribution is 2.12. The van der Waals surface area contributed by atoms with Crippen molar-refractivity contribution in [3.05, 3.63) is 65.5 Å². The molecule has 0 bridgehead atoms. The minimum absolute atomic E-state index is 0.223. The van der Waals surface area contributed by atoms with E-state index in [4.69, 9.17) is 9.47 Å². The van der Waals surface area contributed by atoms with Crippen LogP contribution in [0.1, 0.15) is 27.6 Å². The molecule has 2 aromatic carbocycles. The van der Waals surface area contributed by atoms with E-state index in [1.165, 1.54) is 30.3 Å². The van der Waals surface area contributed by atoms with Gasteiger partial charge in [-0.1, -0.05) is 12.1 Å². The van der Waals surface area contributed by atoms with E-state index in [1.54, 1.807) is 12.1 Å². The summed E-state index contributed by atoms with van der Waals surface area (Å²) in [6, 6.07) is 11.5. The van der Waals surface area contributed by atoms with Crippen molar-refractivity contribution in [2.24, 2.45) is 0 Å². The minimum Gasteiger partial charge on any atom is -0.494 e. The van der Waals surface area contributed by atoms with Crippen LogP contribution in [-0.4, -0.2) is 31.0 Å². The number of hydrogen-bond donors (Lipinski definition) is 2. The largest absolute Gasteiger partial charge is 0.494 e. The number of hydrazine groups is 1. The summed E-state index contributed by atoms with van der Waals surface area (Å²) < 4.78 is 23.5. The number of hydrogen-bond acceptors (Lipinski definition) is 5. The van der Waals surface area contributed by atoms with Crippen LogP contribution >= 0.6 is 0 Å². The average molecular weight is 360 g/mol. The Labute approximate surface area is 149 Å². The number of ether oxygens (including phenoxy) is 2. The Morgan fingerprint density at radius 2 is 1.69 bits per heavy atom. The SMILES string of the molecule is CCOc1ccc(C(=O)OCC(=O)NNC(=O)c2ccccc2F)cc1. The molecule has 2 aromatic rings. The lowest BCUT2D eigenvalue weighted by atomic mass is 10.2. The molecular formula is C18H17FN2O5. The van der Waals surface area contributed by atoms with Crippen LogP contribution in [-0.2, 0) is 9.53 Å². The highest BCUT2D eigenvalue weighted by Gasteiger charge is 2.13. The van der Waals surface area contributed by atoms with Crippen molar-refractivity contribution in [3.63, 3.8) is 0 Å². The van der Waals surface area contributed by atoms with Crippen LogP contribution in [0.2, 0.25) is 0 Å². The summed E-state index contributed by atoms with van der Waals surface area (Å²) >= 11 is 0. The van der Waals surface area contributed by atoms with Crippen molar-refractivity contribution in [3.8, 4) is 5.75 Å². The first kappa shape index (κ1) is 18.9. The van der Waals surface area contributed by atoms with Crippen LogP contribution in [0.3, 0.4) is 0 Å². The van der Waals surface area contributed by atoms with Gasteiger partial charge in [-0.2, -0.15) is 0 Å². The van der Waals surface area contributed by atoms with Crippen LogP contribution in [0.25, 0.3) is 0 Å². The second kappa shape index (κ2) is 9.16. The number of halogens is 1. The van der Waals surface area contributed by atoms with Gasteiger partial charge in [-0.05, 0) is 43.3 Å². The average Bonchev–Trinajstić information content (AvgIpc) is 2.65. The normalized spacial score (nSPS) is 9.92. The number of benzene rings is 2. The van der Waals surface area contributed by atoms with E-state index < -0.39 is 30.2 Å². The molecule has 0 aliphatic rings. The first-order valence-corrected chi connectivity index (χ1v) is 7.75. The maximum Gasteiger partial charge on any atom is 0.338 e. The molecule has 2 amide bonds. The topological polar surface area (TPSA) is 93.7 Å². The second-order valence-electron chi connectivity index (χ2n) is 5.02. The lowest BCUT2D eigenvalue weighted by Crippen LogP contribution is -2.43. The third kappa shape index (κ3) is 5.30. The molecule has 136 valence electrons. The second-order valence-corrected chi connectivity index (χ2v) is 5.02. The molecule has 7 nitrogen and oxygen atoms in total. The summed E-state index contributed by atoms with van der Waals surface area (Å²) in [5, 5.41) is 0. The Bertz CT molecular complexity index is 792. The van der Waals surface area contributed by atoms with Gasteiger partial charge in [0.2, 0.25) is 0 Å². The number of nitrogens with one attached hydrogen (secondary N) is 2. The number of rotatable bonds is 6. The lowest BCUT2D eigenvalue weighted by Gasteiger charge is -2.09. The summed E-state index contributed by atoms with van der Waals surface area (Å²) in [5.41, 5.74) is 4.10. The fourth-order valence-electron chi connectivity index (χ4n) is 1.94. The maximum atomic E-state index is 13.4. The van der Waals surface area contributed by atoms with E-state index in [2.05, 4.69) is 0 Å². The van der Waals surface area contributed by atoms with Gasteiger partial charge in [0.05, 0.1) is 17.7 Å². The zero-order valence-electron chi connectivity index (χ0n) is 14.0. The zero-order valence-corrected chi connectivity index (χ0v) is 14.0. The molecule has 0 fully saturated rings. The molecule has 0 unspecified atom stereocenters. The van der Waals surface area contributed by atoms with Crippen LogP contribution in [0.4, 0.5) is 4.39 Å². The molecule has 8 heteroatoms. The number of carbonyl (C=O) groups excluding carboxylic acids is 3. The quantitative estimate of drug-likeness (QED) is 0.606. The molecule has 0 aromatic heterocycles. The van der Waals surface area contributed by atoms with E-state index in [0.717, 1.165) is 6.07 Å². The van der Waals surface area contributed by atoms with Gasteiger partial charge < -0.3 is 9.47 Å². The van der Waals surface area contributed by atoms with Crippen molar-refractivity contribution in [1.82, 2.24) is 10.9 Å². The molecule has 0 saturated heterocycles. The van der Waals surface area contributed by atoms with Gasteiger partial charge in [0, 0.05) is 0 Å². The predicted octanol–water partition coefficient (Wildman–Crippen LogP) is 1.84. The van der Waals surface area contributed by atoms with Crippen molar-refractivity contribution < 1.29 is 28.2 Å². The molecule has 2 rings (SSSR count). The Morgan fingerprint density at radius 3 is 2.35 bits per heavy atom. The third-order valence-corrected chi connectivity index (χ3v) is 3.17. The van der Waals surface area contributed by atoms with Gasteiger partial charge >= 0.3 is 5.97 Å². The highest BCUT2D eigenvalue weighted by molar-refractivity contribution is 5.96. The van der Waals surface area contributed by atoms with Crippen LogP contribution < -0.4 is 15.6 Å². The summed E-state index contributed by atoms with van der Waals surface area (Å²) in [4.78, 5) is 35.2. The van der Waals surface area contributed by atoms with Crippen molar-refractivity contribution in [2.75, 3.05) is 13.2 Å². The Morgan fingerprint density at radius 1 is 1.00 bits per heavy atom. The van der Waals surface area contributed by atoms with Gasteiger partial charge in [-0.15, -0.1) is 0 Å². The molecule has 0 spiro atoms. The van der Waals surface area contributed by atoms with Crippen molar-refractivity contribution in [1.29, 1.82) is 0 Å². The van der Waals surface area contributed by atoms with Crippen molar-refractivity contribution in [2.45, 2.75) is 6.92 Å². The zero-order chi connectivity index (χ0) is 18.9. The predicted molar refractivity (Wildman–Crippen MR) is 89.9 cm³/mol. The fourth-order valence-corrected chi connectivity index (χ4v) is 1.94. The lowest BCUT2D eigenvalue weighted by molar-refractivity contribution is -0.125. The van der Waals surface area contributed by atoms with E-state index in [9.17, 15) is 18.8 Å². The summed E-state index contributed by atoms with van der Waals surface area (Å²) in [7, 11) is 0. The van der Waals surface area contributed by atoms with Gasteiger partial charge in [-0.3, -0.25) is 20.4 Å². The summed E-state index contributed by atoms with van der Waals surface area (Å²) in [6.07, 6.45) is 0. The standard InChI is InChI=1S/C18H17FN2O5/c1-2-25-13-9-7-12(8-10-13)18(24)26-11-16(22)20-21-17(23)14-5-3-4-6-15(14)19/h3-10H,2,11H2,1H3,(H,20,22)(H,21,23). The molecule has 26 heavy (non-hydrogen) atoms. The van der Waals surface area contributed by atoms with Gasteiger partial charge in [0.1, 0.15) is 11.6 Å². The van der Waals surface area contributed by atoms with E-state index in [-0.39, 0.29) is 11.1 Å². The summed E-state index contributed by atoms with van der Waals surface area (Å²) in [6.45, 7) is 1.73. The van der Waals surface area contributed by atoms with Crippen LogP contribution in [0.15, 0.2) is 48.5 Å². The molecule has 2 N–H and O–H groups in total. The molecule has 0 atom stereocenters. The fraction of sp³-hybridized carbons (Fsp3) is 0.167. The summed E-state index contributed by atoms with van der Waals surface area (Å²) in [5.74, 6) is -2.41. The number of amides is 2. The third-order valence-electron chi connectivity index (χ3n) is 3.17. The first-order valence-electron chi connectivity index (χ1n) is 7.75. The Balaban J connectivity index is 1.78. The monoisotopic (exact) mass is 360 g/mol. The molecule has 0 aliphatic heterocycles. The van der Waals surface area contributed by atoms with Crippen molar-refractivity contribution >= 4 is 17.8 Å². The van der Waals surface area contributed by atoms with Gasteiger partial charge in [0.25, 0.3) is 11.8 Å². The van der Waals surface area contributed by atoms with E-state index in [1.807, 2.05) is 17.8 Å². The maximum absolute atomic E-state index is 13.4. The molecule has 0 radical (unpaired) electrons. The highest BCUT2D eigenvalue weighted by atomic mass is 19.1. The van der Waals surface area contributed by atoms with E-state index >= 15 is 0 Å². The van der Waals surface area contributed by atoms with Crippen LogP contribution in [0, 0.1) is 5.82 Å². The van der Waals surface area contributed by atoms with Gasteiger partial charge in [0.15, 0.2) is 6.61 Å². The number of carbonyl (C=O) groups is 3. The van der Waals surface area contributed by atoms with Gasteiger partial charge in [-0.25, -0.2) is 9.18 Å². The van der Waals surface area contributed by atoms with Crippen LogP contribution in [0.5, 0.6) is 5.75 Å². The first-order chi connectivity index (χ1) is 12.5. The Kier molecular flexibility index (Phi) is 6.67. The minimum atomic E-state index is -0.825. The Hall–Kier alpha value is -3.42.